The van der Waals surface area contributed by atoms with Gasteiger partial charge in [-0.2, -0.15) is 0 Å². The van der Waals surface area contributed by atoms with Gasteiger partial charge in [0.05, 0.1) is 24.2 Å². The van der Waals surface area contributed by atoms with Gasteiger partial charge in [0.15, 0.2) is 0 Å². The lowest BCUT2D eigenvalue weighted by molar-refractivity contribution is 0.0939. The molecule has 122 valence electrons. The Morgan fingerprint density at radius 2 is 1.91 bits per heavy atom. The third-order valence-electron chi connectivity index (χ3n) is 3.30. The fourth-order valence-electron chi connectivity index (χ4n) is 2.07. The van der Waals surface area contributed by atoms with Crippen LogP contribution in [0.2, 0.25) is 0 Å². The van der Waals surface area contributed by atoms with Crippen molar-refractivity contribution in [1.82, 2.24) is 10.3 Å². The lowest BCUT2D eigenvalue weighted by Crippen LogP contribution is -2.27. The Morgan fingerprint density at radius 3 is 2.48 bits per heavy atom. The molecule has 1 aromatic heterocycles. The van der Waals surface area contributed by atoms with Crippen LogP contribution < -0.4 is 15.2 Å². The van der Waals surface area contributed by atoms with E-state index in [1.807, 2.05) is 6.92 Å². The second kappa shape index (κ2) is 6.76. The molecule has 0 aliphatic heterocycles. The molecule has 0 saturated carbocycles. The largest absolute Gasteiger partial charge is 0.495 e. The van der Waals surface area contributed by atoms with E-state index < -0.39 is 10.0 Å². The summed E-state index contributed by atoms with van der Waals surface area (Å²) in [6.45, 7) is 1.81. The number of nitrogens with one attached hydrogen (secondary N) is 1. The Balaban J connectivity index is 2.15. The number of aromatic nitrogens is 1. The minimum atomic E-state index is -3.78. The molecular weight excluding hydrogens is 318 g/mol. The van der Waals surface area contributed by atoms with Gasteiger partial charge in [-0.1, -0.05) is 0 Å². The summed E-state index contributed by atoms with van der Waals surface area (Å²) in [5, 5.41) is 7.84. The van der Waals surface area contributed by atoms with Crippen LogP contribution in [0.25, 0.3) is 0 Å². The number of hydrogen-bond acceptors (Lipinski definition) is 5. The maximum absolute atomic E-state index is 12.2. The molecular formula is C15H17N3O4S. The molecule has 0 bridgehead atoms. The summed E-state index contributed by atoms with van der Waals surface area (Å²) in [6.07, 6.45) is 3.18. The van der Waals surface area contributed by atoms with Crippen LogP contribution in [-0.2, 0) is 10.0 Å². The highest BCUT2D eigenvalue weighted by Crippen LogP contribution is 2.23. The van der Waals surface area contributed by atoms with Crippen molar-refractivity contribution in [3.63, 3.8) is 0 Å². The smallest absolute Gasteiger partial charge is 0.251 e. The number of sulfonamides is 1. The quantitative estimate of drug-likeness (QED) is 0.853. The van der Waals surface area contributed by atoms with Crippen molar-refractivity contribution in [2.45, 2.75) is 17.9 Å². The van der Waals surface area contributed by atoms with Crippen LogP contribution in [0.4, 0.5) is 0 Å². The van der Waals surface area contributed by atoms with Crippen LogP contribution in [0.1, 0.15) is 28.9 Å². The number of rotatable bonds is 5. The molecule has 1 aromatic carbocycles. The molecule has 7 nitrogen and oxygen atoms in total. The van der Waals surface area contributed by atoms with E-state index in [9.17, 15) is 13.2 Å². The Labute approximate surface area is 134 Å². The number of benzene rings is 1. The van der Waals surface area contributed by atoms with E-state index in [1.54, 1.807) is 18.5 Å². The Bertz CT molecular complexity index is 804. The second-order valence-corrected chi connectivity index (χ2v) is 6.44. The van der Waals surface area contributed by atoms with Gasteiger partial charge in [0.2, 0.25) is 10.0 Å². The van der Waals surface area contributed by atoms with Crippen LogP contribution in [0.15, 0.2) is 47.6 Å². The SMILES string of the molecule is COc1cnccc1[C@H](C)NC(=O)c1ccc(S(N)(=O)=O)cc1. The second-order valence-electron chi connectivity index (χ2n) is 4.88. The number of nitrogens with two attached hydrogens (primary N) is 1. The molecule has 0 unspecified atom stereocenters. The summed E-state index contributed by atoms with van der Waals surface area (Å²) in [5.74, 6) is 0.238. The zero-order chi connectivity index (χ0) is 17.0. The molecule has 3 N–H and O–H groups in total. The Kier molecular flexibility index (Phi) is 4.97. The third-order valence-corrected chi connectivity index (χ3v) is 4.22. The van der Waals surface area contributed by atoms with E-state index in [4.69, 9.17) is 9.88 Å². The summed E-state index contributed by atoms with van der Waals surface area (Å²) < 4.78 is 27.6. The minimum absolute atomic E-state index is 0.0436. The topological polar surface area (TPSA) is 111 Å². The minimum Gasteiger partial charge on any atom is -0.495 e. The third kappa shape index (κ3) is 4.05. The fourth-order valence-corrected chi connectivity index (χ4v) is 2.59. The molecule has 0 saturated heterocycles. The Hall–Kier alpha value is -2.45. The van der Waals surface area contributed by atoms with Crippen LogP contribution in [0.3, 0.4) is 0 Å². The molecule has 1 heterocycles. The molecule has 0 aliphatic rings. The van der Waals surface area contributed by atoms with Crippen LogP contribution >= 0.6 is 0 Å². The molecule has 1 amide bonds. The normalized spacial score (nSPS) is 12.5. The number of amides is 1. The lowest BCUT2D eigenvalue weighted by atomic mass is 10.1. The molecule has 0 radical (unpaired) electrons. The van der Waals surface area contributed by atoms with Crippen molar-refractivity contribution >= 4 is 15.9 Å². The molecule has 8 heteroatoms. The number of carbonyl (C=O) groups excluding carboxylic acids is 1. The molecule has 1 atom stereocenters. The number of carbonyl (C=O) groups is 1. The number of methoxy groups -OCH3 is 1. The first-order valence-electron chi connectivity index (χ1n) is 6.74. The molecule has 0 aliphatic carbocycles. The highest BCUT2D eigenvalue weighted by atomic mass is 32.2. The molecule has 2 rings (SSSR count). The summed E-state index contributed by atoms with van der Waals surface area (Å²) in [4.78, 5) is 16.2. The zero-order valence-corrected chi connectivity index (χ0v) is 13.5. The number of hydrogen-bond donors (Lipinski definition) is 2. The predicted octanol–water partition coefficient (Wildman–Crippen LogP) is 1.23. The average molecular weight is 335 g/mol. The van der Waals surface area contributed by atoms with E-state index in [-0.39, 0.29) is 16.8 Å². The van der Waals surface area contributed by atoms with Gasteiger partial charge in [-0.3, -0.25) is 9.78 Å². The molecule has 2 aromatic rings. The van der Waals surface area contributed by atoms with Crippen molar-refractivity contribution in [3.8, 4) is 5.75 Å². The van der Waals surface area contributed by atoms with Crippen molar-refractivity contribution < 1.29 is 17.9 Å². The van der Waals surface area contributed by atoms with E-state index in [0.717, 1.165) is 5.56 Å². The molecule has 0 fully saturated rings. The summed E-state index contributed by atoms with van der Waals surface area (Å²) in [7, 11) is -2.25. The van der Waals surface area contributed by atoms with E-state index in [2.05, 4.69) is 10.3 Å². The predicted molar refractivity (Wildman–Crippen MR) is 84.5 cm³/mol. The number of pyridine rings is 1. The monoisotopic (exact) mass is 335 g/mol. The number of nitrogens with zero attached hydrogens (tertiary/aromatic N) is 1. The standard InChI is InChI=1S/C15H17N3O4S/c1-10(13-7-8-17-9-14(13)22-2)18-15(19)11-3-5-12(6-4-11)23(16,20)21/h3-10H,1-2H3,(H,18,19)(H2,16,20,21)/t10-/m0/s1. The summed E-state index contributed by atoms with van der Waals surface area (Å²) >= 11 is 0. The summed E-state index contributed by atoms with van der Waals surface area (Å²) in [6, 6.07) is 6.85. The van der Waals surface area contributed by atoms with E-state index in [0.29, 0.717) is 11.3 Å². The zero-order valence-electron chi connectivity index (χ0n) is 12.7. The van der Waals surface area contributed by atoms with Gasteiger partial charge in [-0.05, 0) is 37.3 Å². The van der Waals surface area contributed by atoms with Crippen molar-refractivity contribution in [2.24, 2.45) is 5.14 Å². The highest BCUT2D eigenvalue weighted by Gasteiger charge is 2.16. The van der Waals surface area contributed by atoms with Gasteiger partial charge in [0.25, 0.3) is 5.91 Å². The van der Waals surface area contributed by atoms with Crippen LogP contribution in [-0.4, -0.2) is 26.4 Å². The van der Waals surface area contributed by atoms with Gasteiger partial charge >= 0.3 is 0 Å². The van der Waals surface area contributed by atoms with Gasteiger partial charge in [-0.15, -0.1) is 0 Å². The maximum Gasteiger partial charge on any atom is 0.251 e. The Morgan fingerprint density at radius 1 is 1.26 bits per heavy atom. The molecule has 23 heavy (non-hydrogen) atoms. The van der Waals surface area contributed by atoms with Crippen LogP contribution in [0, 0.1) is 0 Å². The fraction of sp³-hybridized carbons (Fsp3) is 0.200. The first-order chi connectivity index (χ1) is 10.8. The van der Waals surface area contributed by atoms with Crippen LogP contribution in [0.5, 0.6) is 5.75 Å². The average Bonchev–Trinajstić information content (AvgIpc) is 2.54. The first-order valence-corrected chi connectivity index (χ1v) is 8.29. The number of primary sulfonamides is 1. The van der Waals surface area contributed by atoms with Crippen molar-refractivity contribution in [2.75, 3.05) is 7.11 Å². The van der Waals surface area contributed by atoms with Gasteiger partial charge in [-0.25, -0.2) is 13.6 Å². The van der Waals surface area contributed by atoms with Crippen molar-refractivity contribution in [3.05, 3.63) is 53.9 Å². The lowest BCUT2D eigenvalue weighted by Gasteiger charge is -2.17. The maximum atomic E-state index is 12.2. The summed E-state index contributed by atoms with van der Waals surface area (Å²) in [5.41, 5.74) is 1.12. The first kappa shape index (κ1) is 16.9. The van der Waals surface area contributed by atoms with Gasteiger partial charge in [0.1, 0.15) is 5.75 Å². The van der Waals surface area contributed by atoms with Crippen molar-refractivity contribution in [1.29, 1.82) is 0 Å². The van der Waals surface area contributed by atoms with Gasteiger partial charge < -0.3 is 10.1 Å². The van der Waals surface area contributed by atoms with E-state index >= 15 is 0 Å². The van der Waals surface area contributed by atoms with Gasteiger partial charge in [0, 0.05) is 17.3 Å². The number of ether oxygens (including phenoxy) is 1. The van der Waals surface area contributed by atoms with E-state index in [1.165, 1.54) is 31.4 Å². The molecule has 0 spiro atoms. The highest BCUT2D eigenvalue weighted by molar-refractivity contribution is 7.89.